The number of thiazole rings is 1. The van der Waals surface area contributed by atoms with E-state index in [1.54, 1.807) is 34.7 Å². The SMILES string of the molecule is O=C(c1ccc(NS(=O)(=O)c2cccc3scnc23)cc1)N1CCC(O)(CCC=C(F)F)CC1. The first-order chi connectivity index (χ1) is 16.2. The molecule has 0 unspecified atom stereocenters. The van der Waals surface area contributed by atoms with Gasteiger partial charge in [-0.15, -0.1) is 11.3 Å². The van der Waals surface area contributed by atoms with Gasteiger partial charge in [0.15, 0.2) is 0 Å². The molecule has 7 nitrogen and oxygen atoms in total. The van der Waals surface area contributed by atoms with Crippen molar-refractivity contribution < 1.29 is 27.1 Å². The summed E-state index contributed by atoms with van der Waals surface area (Å²) in [6.07, 6.45) is -0.0530. The van der Waals surface area contributed by atoms with Crippen LogP contribution in [0.1, 0.15) is 36.0 Å². The number of para-hydroxylation sites is 1. The van der Waals surface area contributed by atoms with E-state index in [1.807, 2.05) is 0 Å². The van der Waals surface area contributed by atoms with Crippen LogP contribution in [0.5, 0.6) is 0 Å². The Hall–Kier alpha value is -2.89. The number of carbonyl (C=O) groups excluding carboxylic acids is 1. The highest BCUT2D eigenvalue weighted by molar-refractivity contribution is 7.93. The Labute approximate surface area is 199 Å². The maximum atomic E-state index is 12.9. The Balaban J connectivity index is 1.39. The molecular formula is C23H23F2N3O4S2. The smallest absolute Gasteiger partial charge is 0.266 e. The third-order valence-electron chi connectivity index (χ3n) is 5.89. The van der Waals surface area contributed by atoms with Crippen LogP contribution in [-0.4, -0.2) is 48.0 Å². The van der Waals surface area contributed by atoms with Crippen LogP contribution < -0.4 is 4.72 Å². The first kappa shape index (κ1) is 24.2. The maximum absolute atomic E-state index is 12.9. The molecule has 1 aliphatic heterocycles. The summed E-state index contributed by atoms with van der Waals surface area (Å²) in [5.41, 5.74) is 1.63. The summed E-state index contributed by atoms with van der Waals surface area (Å²) in [6.45, 7) is 0.617. The number of aliphatic hydroxyl groups is 1. The fourth-order valence-corrected chi connectivity index (χ4v) is 5.98. The number of fused-ring (bicyclic) bond motifs is 1. The summed E-state index contributed by atoms with van der Waals surface area (Å²) >= 11 is 1.35. The lowest BCUT2D eigenvalue weighted by Gasteiger charge is -2.38. The number of allylic oxidation sites excluding steroid dienone is 1. The lowest BCUT2D eigenvalue weighted by molar-refractivity contribution is -0.0222. The van der Waals surface area contributed by atoms with Crippen molar-refractivity contribution in [1.82, 2.24) is 9.88 Å². The number of benzene rings is 2. The quantitative estimate of drug-likeness (QED) is 0.486. The zero-order valence-corrected chi connectivity index (χ0v) is 19.7. The summed E-state index contributed by atoms with van der Waals surface area (Å²) in [5.74, 6) is -0.238. The number of carbonyl (C=O) groups is 1. The second-order valence-electron chi connectivity index (χ2n) is 8.19. The van der Waals surface area contributed by atoms with E-state index in [1.165, 1.54) is 29.5 Å². The highest BCUT2D eigenvalue weighted by Gasteiger charge is 2.33. The van der Waals surface area contributed by atoms with Crippen LogP contribution in [0.2, 0.25) is 0 Å². The van der Waals surface area contributed by atoms with Crippen LogP contribution in [0.4, 0.5) is 14.5 Å². The van der Waals surface area contributed by atoms with Gasteiger partial charge in [0.1, 0.15) is 10.4 Å². The minimum absolute atomic E-state index is 0.0805. The second-order valence-corrected chi connectivity index (χ2v) is 10.7. The van der Waals surface area contributed by atoms with Gasteiger partial charge in [0.2, 0.25) is 0 Å². The van der Waals surface area contributed by atoms with Gasteiger partial charge in [0.25, 0.3) is 22.0 Å². The first-order valence-electron chi connectivity index (χ1n) is 10.6. The fourth-order valence-electron chi connectivity index (χ4n) is 3.98. The zero-order valence-electron chi connectivity index (χ0n) is 18.1. The molecule has 34 heavy (non-hydrogen) atoms. The van der Waals surface area contributed by atoms with Gasteiger partial charge in [-0.2, -0.15) is 8.78 Å². The number of anilines is 1. The molecule has 0 bridgehead atoms. The molecule has 1 amide bonds. The highest BCUT2D eigenvalue weighted by Crippen LogP contribution is 2.29. The lowest BCUT2D eigenvalue weighted by atomic mass is 9.87. The normalized spacial score (nSPS) is 15.8. The lowest BCUT2D eigenvalue weighted by Crippen LogP contribution is -2.46. The Kier molecular flexibility index (Phi) is 6.96. The van der Waals surface area contributed by atoms with Crippen LogP contribution in [0.3, 0.4) is 0 Å². The maximum Gasteiger partial charge on any atom is 0.266 e. The van der Waals surface area contributed by atoms with Crippen molar-refractivity contribution in [1.29, 1.82) is 0 Å². The van der Waals surface area contributed by atoms with Crippen molar-refractivity contribution in [2.75, 3.05) is 17.8 Å². The van der Waals surface area contributed by atoms with E-state index in [0.29, 0.717) is 42.7 Å². The van der Waals surface area contributed by atoms with Gasteiger partial charge in [-0.1, -0.05) is 6.07 Å². The van der Waals surface area contributed by atoms with E-state index in [0.717, 1.165) is 10.8 Å². The van der Waals surface area contributed by atoms with Gasteiger partial charge in [0, 0.05) is 24.3 Å². The highest BCUT2D eigenvalue weighted by atomic mass is 32.2. The Morgan fingerprint density at radius 1 is 1.18 bits per heavy atom. The number of hydrogen-bond acceptors (Lipinski definition) is 6. The molecule has 2 N–H and O–H groups in total. The largest absolute Gasteiger partial charge is 0.390 e. The molecule has 0 aliphatic carbocycles. The zero-order chi connectivity index (χ0) is 24.3. The van der Waals surface area contributed by atoms with Crippen molar-refractivity contribution >= 4 is 43.2 Å². The van der Waals surface area contributed by atoms with Crippen molar-refractivity contribution in [2.24, 2.45) is 0 Å². The monoisotopic (exact) mass is 507 g/mol. The first-order valence-corrected chi connectivity index (χ1v) is 13.0. The molecule has 2 heterocycles. The van der Waals surface area contributed by atoms with Crippen LogP contribution in [0, 0.1) is 0 Å². The number of likely N-dealkylation sites (tertiary alicyclic amines) is 1. The van der Waals surface area contributed by atoms with Crippen molar-refractivity contribution in [3.8, 4) is 0 Å². The number of rotatable bonds is 7. The molecule has 2 aromatic carbocycles. The predicted molar refractivity (Wildman–Crippen MR) is 126 cm³/mol. The summed E-state index contributed by atoms with van der Waals surface area (Å²) < 4.78 is 53.4. The van der Waals surface area contributed by atoms with Gasteiger partial charge >= 0.3 is 0 Å². The molecule has 11 heteroatoms. The predicted octanol–water partition coefficient (Wildman–Crippen LogP) is 4.62. The summed E-state index contributed by atoms with van der Waals surface area (Å²) in [7, 11) is -3.87. The van der Waals surface area contributed by atoms with E-state index < -0.39 is 21.7 Å². The molecule has 0 radical (unpaired) electrons. The topological polar surface area (TPSA) is 99.6 Å². The molecule has 0 spiro atoms. The standard InChI is InChI=1S/C23H23F2N3O4S2/c24-20(25)5-2-10-23(30)11-13-28(14-12-23)22(29)16-6-8-17(9-7-16)27-34(31,32)19-4-1-3-18-21(19)26-15-33-18/h1,3-9,15,27,30H,2,10-14H2. The van der Waals surface area contributed by atoms with Crippen molar-refractivity contribution in [2.45, 2.75) is 36.2 Å². The Morgan fingerprint density at radius 3 is 2.56 bits per heavy atom. The molecule has 0 atom stereocenters. The fraction of sp³-hybridized carbons (Fsp3) is 0.304. The number of halogens is 2. The summed E-state index contributed by atoms with van der Waals surface area (Å²) in [5, 5.41) is 10.6. The molecule has 180 valence electrons. The van der Waals surface area contributed by atoms with E-state index in [2.05, 4.69) is 9.71 Å². The molecule has 4 rings (SSSR count). The number of nitrogens with one attached hydrogen (secondary N) is 1. The molecule has 1 saturated heterocycles. The van der Waals surface area contributed by atoms with E-state index in [-0.39, 0.29) is 23.6 Å². The Bertz CT molecular complexity index is 1310. The van der Waals surface area contributed by atoms with Gasteiger partial charge in [-0.3, -0.25) is 9.52 Å². The third-order valence-corrected chi connectivity index (χ3v) is 8.09. The van der Waals surface area contributed by atoms with Crippen molar-refractivity contribution in [3.05, 3.63) is 65.7 Å². The number of sulfonamides is 1. The van der Waals surface area contributed by atoms with Gasteiger partial charge in [-0.05, 0) is 68.2 Å². The van der Waals surface area contributed by atoms with Gasteiger partial charge in [-0.25, -0.2) is 13.4 Å². The Morgan fingerprint density at radius 2 is 1.88 bits per heavy atom. The van der Waals surface area contributed by atoms with Gasteiger partial charge < -0.3 is 10.0 Å². The molecular weight excluding hydrogens is 484 g/mol. The minimum Gasteiger partial charge on any atom is -0.390 e. The van der Waals surface area contributed by atoms with Crippen molar-refractivity contribution in [3.63, 3.8) is 0 Å². The summed E-state index contributed by atoms with van der Waals surface area (Å²) in [4.78, 5) is 18.7. The average molecular weight is 508 g/mol. The molecule has 1 aromatic heterocycles. The molecule has 0 saturated carbocycles. The number of amides is 1. The van der Waals surface area contributed by atoms with Crippen LogP contribution in [-0.2, 0) is 10.0 Å². The molecule has 1 aliphatic rings. The minimum atomic E-state index is -3.87. The molecule has 1 fully saturated rings. The second kappa shape index (κ2) is 9.77. The van der Waals surface area contributed by atoms with Crippen LogP contribution in [0.15, 0.2) is 65.0 Å². The number of nitrogens with zero attached hydrogens (tertiary/aromatic N) is 2. The van der Waals surface area contributed by atoms with Crippen LogP contribution in [0.25, 0.3) is 10.2 Å². The van der Waals surface area contributed by atoms with E-state index >= 15 is 0 Å². The number of hydrogen-bond donors (Lipinski definition) is 2. The van der Waals surface area contributed by atoms with E-state index in [4.69, 9.17) is 0 Å². The third kappa shape index (κ3) is 5.43. The number of aromatic nitrogens is 1. The number of piperidine rings is 1. The summed E-state index contributed by atoms with van der Waals surface area (Å²) in [6, 6.07) is 11.1. The van der Waals surface area contributed by atoms with Crippen LogP contribution >= 0.6 is 11.3 Å². The van der Waals surface area contributed by atoms with E-state index in [9.17, 15) is 27.1 Å². The van der Waals surface area contributed by atoms with Gasteiger partial charge in [0.05, 0.1) is 15.8 Å². The molecule has 3 aromatic rings. The average Bonchev–Trinajstić information content (AvgIpc) is 3.28.